The van der Waals surface area contributed by atoms with Crippen LogP contribution in [0.5, 0.6) is 0 Å². The standard InChI is InChI=1S/C12H17N3O3S/c1-8(16)13-12-6-11(9-2-3-9)14-15(12)10-4-5-19(17,18)7-10/h6,9-10H,2-5,7H2,1H3,(H,13,16). The first kappa shape index (κ1) is 12.7. The predicted molar refractivity (Wildman–Crippen MR) is 70.8 cm³/mol. The molecular weight excluding hydrogens is 266 g/mol. The van der Waals surface area contributed by atoms with Crippen molar-refractivity contribution >= 4 is 21.6 Å². The summed E-state index contributed by atoms with van der Waals surface area (Å²) >= 11 is 0. The largest absolute Gasteiger partial charge is 0.311 e. The van der Waals surface area contributed by atoms with Gasteiger partial charge in [-0.2, -0.15) is 5.10 Å². The highest BCUT2D eigenvalue weighted by Crippen LogP contribution is 2.41. The molecule has 1 unspecified atom stereocenters. The molecule has 7 heteroatoms. The van der Waals surface area contributed by atoms with Crippen LogP contribution >= 0.6 is 0 Å². The first-order chi connectivity index (χ1) is 8.94. The molecule has 1 aliphatic heterocycles. The maximum atomic E-state index is 11.6. The Morgan fingerprint density at radius 3 is 2.68 bits per heavy atom. The second-order valence-corrected chi connectivity index (χ2v) is 7.64. The van der Waals surface area contributed by atoms with E-state index in [2.05, 4.69) is 10.4 Å². The molecule has 104 valence electrons. The summed E-state index contributed by atoms with van der Waals surface area (Å²) in [6, 6.07) is 1.73. The molecule has 1 amide bonds. The maximum absolute atomic E-state index is 11.6. The van der Waals surface area contributed by atoms with E-state index in [0.29, 0.717) is 18.2 Å². The molecule has 0 bridgehead atoms. The summed E-state index contributed by atoms with van der Waals surface area (Å²) in [5.41, 5.74) is 0.966. The molecule has 2 fully saturated rings. The van der Waals surface area contributed by atoms with Crippen LogP contribution in [0.3, 0.4) is 0 Å². The van der Waals surface area contributed by atoms with Gasteiger partial charge in [0, 0.05) is 18.9 Å². The minimum Gasteiger partial charge on any atom is -0.311 e. The second kappa shape index (κ2) is 4.33. The van der Waals surface area contributed by atoms with E-state index in [1.165, 1.54) is 6.92 Å². The van der Waals surface area contributed by atoms with Crippen LogP contribution < -0.4 is 5.32 Å². The number of nitrogens with zero attached hydrogens (tertiary/aromatic N) is 2. The van der Waals surface area contributed by atoms with Gasteiger partial charge in [0.05, 0.1) is 23.2 Å². The molecule has 0 spiro atoms. The number of hydrogen-bond donors (Lipinski definition) is 1. The van der Waals surface area contributed by atoms with E-state index in [-0.39, 0.29) is 23.5 Å². The van der Waals surface area contributed by atoms with Crippen LogP contribution in [0, 0.1) is 0 Å². The Hall–Kier alpha value is -1.37. The number of anilines is 1. The van der Waals surface area contributed by atoms with E-state index >= 15 is 0 Å². The van der Waals surface area contributed by atoms with Gasteiger partial charge in [0.15, 0.2) is 9.84 Å². The van der Waals surface area contributed by atoms with E-state index in [4.69, 9.17) is 0 Å². The van der Waals surface area contributed by atoms with Crippen LogP contribution in [0.4, 0.5) is 5.82 Å². The third-order valence-electron chi connectivity index (χ3n) is 3.61. The van der Waals surface area contributed by atoms with Gasteiger partial charge in [-0.05, 0) is 19.3 Å². The highest BCUT2D eigenvalue weighted by molar-refractivity contribution is 7.91. The quantitative estimate of drug-likeness (QED) is 0.900. The number of amides is 1. The average Bonchev–Trinajstić information content (AvgIpc) is 2.98. The lowest BCUT2D eigenvalue weighted by atomic mass is 10.2. The van der Waals surface area contributed by atoms with Crippen molar-refractivity contribution in [2.45, 2.75) is 38.1 Å². The lowest BCUT2D eigenvalue weighted by Crippen LogP contribution is -2.17. The van der Waals surface area contributed by atoms with Gasteiger partial charge >= 0.3 is 0 Å². The monoisotopic (exact) mass is 283 g/mol. The summed E-state index contributed by atoms with van der Waals surface area (Å²) in [6.45, 7) is 1.44. The number of sulfone groups is 1. The maximum Gasteiger partial charge on any atom is 0.222 e. The van der Waals surface area contributed by atoms with Crippen molar-refractivity contribution in [3.63, 3.8) is 0 Å². The number of carbonyl (C=O) groups excluding carboxylic acids is 1. The summed E-state index contributed by atoms with van der Waals surface area (Å²) in [7, 11) is -2.96. The predicted octanol–water partition coefficient (Wildman–Crippen LogP) is 1.08. The van der Waals surface area contributed by atoms with Crippen molar-refractivity contribution in [2.24, 2.45) is 0 Å². The molecule has 6 nitrogen and oxygen atoms in total. The molecule has 19 heavy (non-hydrogen) atoms. The van der Waals surface area contributed by atoms with Gasteiger partial charge < -0.3 is 5.32 Å². The van der Waals surface area contributed by atoms with E-state index in [1.54, 1.807) is 4.68 Å². The van der Waals surface area contributed by atoms with E-state index < -0.39 is 9.84 Å². The molecule has 1 aliphatic carbocycles. The zero-order valence-electron chi connectivity index (χ0n) is 10.8. The second-order valence-electron chi connectivity index (χ2n) is 5.41. The normalized spacial score (nSPS) is 25.4. The van der Waals surface area contributed by atoms with Crippen LogP contribution in [-0.4, -0.2) is 35.6 Å². The van der Waals surface area contributed by atoms with Crippen LogP contribution in [0.2, 0.25) is 0 Å². The Balaban J connectivity index is 1.92. The Labute approximate surface area is 112 Å². The zero-order valence-corrected chi connectivity index (χ0v) is 11.6. The Morgan fingerprint density at radius 1 is 1.42 bits per heavy atom. The first-order valence-electron chi connectivity index (χ1n) is 6.52. The molecule has 0 aromatic carbocycles. The average molecular weight is 283 g/mol. The van der Waals surface area contributed by atoms with Gasteiger partial charge in [0.2, 0.25) is 5.91 Å². The summed E-state index contributed by atoms with van der Waals surface area (Å²) in [4.78, 5) is 11.2. The Morgan fingerprint density at radius 2 is 2.16 bits per heavy atom. The van der Waals surface area contributed by atoms with Crippen LogP contribution in [0.1, 0.15) is 43.8 Å². The van der Waals surface area contributed by atoms with E-state index in [9.17, 15) is 13.2 Å². The smallest absolute Gasteiger partial charge is 0.222 e. The number of rotatable bonds is 3. The third-order valence-corrected chi connectivity index (χ3v) is 5.36. The van der Waals surface area contributed by atoms with E-state index in [1.807, 2.05) is 6.07 Å². The van der Waals surface area contributed by atoms with Crippen molar-refractivity contribution < 1.29 is 13.2 Å². The lowest BCUT2D eigenvalue weighted by Gasteiger charge is -2.12. The summed E-state index contributed by atoms with van der Waals surface area (Å²) in [6.07, 6.45) is 2.82. The molecule has 1 atom stereocenters. The van der Waals surface area contributed by atoms with Crippen molar-refractivity contribution in [1.82, 2.24) is 9.78 Å². The van der Waals surface area contributed by atoms with Crippen LogP contribution in [-0.2, 0) is 14.6 Å². The highest BCUT2D eigenvalue weighted by atomic mass is 32.2. The molecule has 1 saturated carbocycles. The van der Waals surface area contributed by atoms with Gasteiger partial charge in [0.1, 0.15) is 5.82 Å². The lowest BCUT2D eigenvalue weighted by molar-refractivity contribution is -0.114. The molecule has 1 aromatic heterocycles. The molecule has 1 saturated heterocycles. The topological polar surface area (TPSA) is 81.1 Å². The molecule has 2 heterocycles. The number of carbonyl (C=O) groups is 1. The number of hydrogen-bond acceptors (Lipinski definition) is 4. The fraction of sp³-hybridized carbons (Fsp3) is 0.667. The molecule has 0 radical (unpaired) electrons. The first-order valence-corrected chi connectivity index (χ1v) is 8.34. The molecule has 3 rings (SSSR count). The fourth-order valence-corrected chi connectivity index (χ4v) is 4.20. The van der Waals surface area contributed by atoms with Crippen molar-refractivity contribution in [1.29, 1.82) is 0 Å². The molecule has 1 N–H and O–H groups in total. The summed E-state index contributed by atoms with van der Waals surface area (Å²) in [5.74, 6) is 1.26. The number of aromatic nitrogens is 2. The molecular formula is C12H17N3O3S. The highest BCUT2D eigenvalue weighted by Gasteiger charge is 2.33. The minimum atomic E-state index is -2.96. The zero-order chi connectivity index (χ0) is 13.6. The fourth-order valence-electron chi connectivity index (χ4n) is 2.51. The van der Waals surface area contributed by atoms with Crippen molar-refractivity contribution in [3.8, 4) is 0 Å². The van der Waals surface area contributed by atoms with Crippen LogP contribution in [0.25, 0.3) is 0 Å². The van der Waals surface area contributed by atoms with E-state index in [0.717, 1.165) is 18.5 Å². The SMILES string of the molecule is CC(=O)Nc1cc(C2CC2)nn1C1CCS(=O)(=O)C1. The summed E-state index contributed by atoms with van der Waals surface area (Å²) in [5, 5.41) is 7.26. The van der Waals surface area contributed by atoms with Crippen molar-refractivity contribution in [3.05, 3.63) is 11.8 Å². The van der Waals surface area contributed by atoms with Gasteiger partial charge in [-0.3, -0.25) is 4.79 Å². The summed E-state index contributed by atoms with van der Waals surface area (Å²) < 4.78 is 24.8. The Bertz CT molecular complexity index is 616. The molecule has 2 aliphatic rings. The van der Waals surface area contributed by atoms with Gasteiger partial charge in [-0.1, -0.05) is 0 Å². The van der Waals surface area contributed by atoms with Gasteiger partial charge in [0.25, 0.3) is 0 Å². The number of nitrogens with one attached hydrogen (secondary N) is 1. The Kier molecular flexibility index (Phi) is 2.88. The van der Waals surface area contributed by atoms with Crippen molar-refractivity contribution in [2.75, 3.05) is 16.8 Å². The van der Waals surface area contributed by atoms with Crippen LogP contribution in [0.15, 0.2) is 6.07 Å². The third kappa shape index (κ3) is 2.65. The van der Waals surface area contributed by atoms with Gasteiger partial charge in [-0.15, -0.1) is 0 Å². The molecule has 1 aromatic rings. The minimum absolute atomic E-state index is 0.116. The van der Waals surface area contributed by atoms with Gasteiger partial charge in [-0.25, -0.2) is 13.1 Å².